The van der Waals surface area contributed by atoms with Crippen LogP contribution in [0.25, 0.3) is 22.6 Å². The summed E-state index contributed by atoms with van der Waals surface area (Å²) in [5.41, 5.74) is 3.60. The quantitative estimate of drug-likeness (QED) is 0.449. The van der Waals surface area contributed by atoms with Gasteiger partial charge in [0.15, 0.2) is 5.82 Å². The molecular weight excluding hydrogens is 432 g/mol. The van der Waals surface area contributed by atoms with Crippen LogP contribution in [-0.2, 0) is 16.8 Å². The largest absolute Gasteiger partial charge is 0.357 e. The molecule has 10 nitrogen and oxygen atoms in total. The second-order valence-electron chi connectivity index (χ2n) is 8.70. The topological polar surface area (TPSA) is 115 Å². The minimum absolute atomic E-state index is 0.0396. The first kappa shape index (κ1) is 21.7. The van der Waals surface area contributed by atoms with Crippen molar-refractivity contribution in [3.05, 3.63) is 60.4 Å². The van der Waals surface area contributed by atoms with E-state index >= 15 is 0 Å². The Morgan fingerprint density at radius 2 is 1.82 bits per heavy atom. The highest BCUT2D eigenvalue weighted by molar-refractivity contribution is 5.75. The smallest absolute Gasteiger partial charge is 0.261 e. The van der Waals surface area contributed by atoms with Gasteiger partial charge in [0.2, 0.25) is 11.9 Å². The molecule has 1 aliphatic rings. The van der Waals surface area contributed by atoms with Crippen LogP contribution in [0.3, 0.4) is 0 Å². The molecule has 3 heterocycles. The van der Waals surface area contributed by atoms with Crippen LogP contribution in [0.1, 0.15) is 30.7 Å². The summed E-state index contributed by atoms with van der Waals surface area (Å²) in [6.07, 6.45) is 10.0. The van der Waals surface area contributed by atoms with Crippen LogP contribution in [0.2, 0.25) is 0 Å². The van der Waals surface area contributed by atoms with Crippen LogP contribution in [0.15, 0.2) is 53.6 Å². The van der Waals surface area contributed by atoms with Crippen LogP contribution in [-0.4, -0.2) is 61.8 Å². The molecule has 0 spiro atoms. The fourth-order valence-electron chi connectivity index (χ4n) is 4.14. The van der Waals surface area contributed by atoms with Crippen LogP contribution >= 0.6 is 0 Å². The number of anilines is 1. The van der Waals surface area contributed by atoms with Crippen molar-refractivity contribution in [3.8, 4) is 22.6 Å². The predicted molar refractivity (Wildman–Crippen MR) is 126 cm³/mol. The first-order chi connectivity index (χ1) is 16.5. The summed E-state index contributed by atoms with van der Waals surface area (Å²) >= 11 is 0. The van der Waals surface area contributed by atoms with E-state index in [4.69, 9.17) is 9.51 Å². The Balaban J connectivity index is 1.37. The van der Waals surface area contributed by atoms with E-state index in [9.17, 15) is 4.79 Å². The standard InChI is InChI=1S/C24H26N8O2/c1-25-23-26-11-17(12-27-23)16-5-7-19(8-6-16)24(9-4-10-24)22-29-21(34-30-22)18-13-28-32(14-18)15-20(33)31(2)3/h5-8,11-14H,4,9-10,15H2,1-3H3,(H,25,26,27). The first-order valence-electron chi connectivity index (χ1n) is 11.2. The van der Waals surface area contributed by atoms with Crippen LogP contribution in [0.5, 0.6) is 0 Å². The number of benzene rings is 1. The Labute approximate surface area is 197 Å². The van der Waals surface area contributed by atoms with Crippen molar-refractivity contribution in [2.75, 3.05) is 26.5 Å². The average molecular weight is 459 g/mol. The molecule has 10 heteroatoms. The molecule has 0 unspecified atom stereocenters. The fourth-order valence-corrected chi connectivity index (χ4v) is 4.14. The molecule has 174 valence electrons. The Hall–Kier alpha value is -4.08. The Morgan fingerprint density at radius 1 is 1.09 bits per heavy atom. The normalized spacial score (nSPS) is 14.4. The molecule has 0 aliphatic heterocycles. The maximum atomic E-state index is 11.9. The molecule has 0 bridgehead atoms. The monoisotopic (exact) mass is 458 g/mol. The van der Waals surface area contributed by atoms with E-state index < -0.39 is 0 Å². The molecule has 1 aliphatic carbocycles. The molecule has 3 aromatic heterocycles. The van der Waals surface area contributed by atoms with E-state index in [2.05, 4.69) is 49.8 Å². The number of likely N-dealkylation sites (N-methyl/N-ethyl adjacent to an activating group) is 1. The molecular formula is C24H26N8O2. The minimum atomic E-state index is -0.260. The van der Waals surface area contributed by atoms with Crippen molar-refractivity contribution in [2.45, 2.75) is 31.2 Å². The maximum absolute atomic E-state index is 11.9. The van der Waals surface area contributed by atoms with Gasteiger partial charge in [-0.1, -0.05) is 35.8 Å². The van der Waals surface area contributed by atoms with E-state index in [1.54, 1.807) is 38.2 Å². The van der Waals surface area contributed by atoms with Crippen molar-refractivity contribution in [3.63, 3.8) is 0 Å². The van der Waals surface area contributed by atoms with Gasteiger partial charge in [-0.2, -0.15) is 10.1 Å². The average Bonchev–Trinajstić information content (AvgIpc) is 3.49. The number of nitrogens with one attached hydrogen (secondary N) is 1. The molecule has 5 rings (SSSR count). The summed E-state index contributed by atoms with van der Waals surface area (Å²) in [4.78, 5) is 26.8. The molecule has 34 heavy (non-hydrogen) atoms. The highest BCUT2D eigenvalue weighted by atomic mass is 16.5. The molecule has 1 aromatic carbocycles. The summed E-state index contributed by atoms with van der Waals surface area (Å²) in [6.45, 7) is 0.160. The zero-order valence-electron chi connectivity index (χ0n) is 19.4. The van der Waals surface area contributed by atoms with E-state index in [1.165, 1.54) is 4.90 Å². The molecule has 0 atom stereocenters. The first-order valence-corrected chi connectivity index (χ1v) is 11.2. The third-order valence-corrected chi connectivity index (χ3v) is 6.38. The zero-order valence-corrected chi connectivity index (χ0v) is 19.4. The van der Waals surface area contributed by atoms with Crippen LogP contribution in [0, 0.1) is 0 Å². The number of rotatable bonds is 7. The van der Waals surface area contributed by atoms with Crippen LogP contribution in [0.4, 0.5) is 5.95 Å². The van der Waals surface area contributed by atoms with Gasteiger partial charge >= 0.3 is 0 Å². The third-order valence-electron chi connectivity index (χ3n) is 6.38. The lowest BCUT2D eigenvalue weighted by molar-refractivity contribution is -0.129. The molecule has 1 amide bonds. The highest BCUT2D eigenvalue weighted by Crippen LogP contribution is 2.48. The molecule has 0 saturated heterocycles. The van der Waals surface area contributed by atoms with Crippen LogP contribution < -0.4 is 5.32 Å². The van der Waals surface area contributed by atoms with Crippen molar-refractivity contribution in [1.82, 2.24) is 34.8 Å². The second kappa shape index (κ2) is 8.69. The SMILES string of the molecule is CNc1ncc(-c2ccc(C3(c4noc(-c5cnn(CC(=O)N(C)C)c5)n4)CCC3)cc2)cn1. The van der Waals surface area contributed by atoms with Gasteiger partial charge in [0.1, 0.15) is 6.54 Å². The lowest BCUT2D eigenvalue weighted by Gasteiger charge is -2.39. The number of carbonyl (C=O) groups excluding carboxylic acids is 1. The summed E-state index contributed by atoms with van der Waals surface area (Å²) in [6, 6.07) is 8.42. The van der Waals surface area contributed by atoms with Gasteiger partial charge in [-0.15, -0.1) is 0 Å². The maximum Gasteiger partial charge on any atom is 0.261 e. The van der Waals surface area contributed by atoms with Crippen molar-refractivity contribution < 1.29 is 9.32 Å². The summed E-state index contributed by atoms with van der Waals surface area (Å²) in [7, 11) is 5.23. The van der Waals surface area contributed by atoms with Crippen molar-refractivity contribution >= 4 is 11.9 Å². The Kier molecular flexibility index (Phi) is 5.56. The highest BCUT2D eigenvalue weighted by Gasteiger charge is 2.44. The van der Waals surface area contributed by atoms with Crippen molar-refractivity contribution in [1.29, 1.82) is 0 Å². The van der Waals surface area contributed by atoms with Gasteiger partial charge in [-0.25, -0.2) is 9.97 Å². The summed E-state index contributed by atoms with van der Waals surface area (Å²) in [5.74, 6) is 1.64. The van der Waals surface area contributed by atoms with Gasteiger partial charge in [-0.05, 0) is 24.0 Å². The summed E-state index contributed by atoms with van der Waals surface area (Å²) < 4.78 is 7.18. The molecule has 1 saturated carbocycles. The minimum Gasteiger partial charge on any atom is -0.357 e. The van der Waals surface area contributed by atoms with E-state index in [0.29, 0.717) is 23.2 Å². The lowest BCUT2D eigenvalue weighted by atomic mass is 9.64. The Morgan fingerprint density at radius 3 is 2.44 bits per heavy atom. The zero-order chi connectivity index (χ0) is 23.7. The van der Waals surface area contributed by atoms with E-state index in [-0.39, 0.29) is 17.9 Å². The third kappa shape index (κ3) is 3.91. The molecule has 0 radical (unpaired) electrons. The predicted octanol–water partition coefficient (Wildman–Crippen LogP) is 2.99. The van der Waals surface area contributed by atoms with E-state index in [1.807, 2.05) is 12.4 Å². The number of aromatic nitrogens is 6. The van der Waals surface area contributed by atoms with Gasteiger partial charge in [0.25, 0.3) is 5.89 Å². The van der Waals surface area contributed by atoms with Crippen molar-refractivity contribution in [2.24, 2.45) is 0 Å². The second-order valence-corrected chi connectivity index (χ2v) is 8.70. The summed E-state index contributed by atoms with van der Waals surface area (Å²) in [5, 5.41) is 11.5. The number of hydrogen-bond donors (Lipinski definition) is 1. The number of amides is 1. The number of carbonyl (C=O) groups is 1. The fraction of sp³-hybridized carbons (Fsp3) is 0.333. The van der Waals surface area contributed by atoms with E-state index in [0.717, 1.165) is 36.0 Å². The number of nitrogens with zero attached hydrogens (tertiary/aromatic N) is 7. The van der Waals surface area contributed by atoms with Gasteiger partial charge in [-0.3, -0.25) is 9.48 Å². The molecule has 1 N–H and O–H groups in total. The number of hydrogen-bond acceptors (Lipinski definition) is 8. The van der Waals surface area contributed by atoms with Gasteiger partial charge < -0.3 is 14.7 Å². The molecule has 4 aromatic rings. The van der Waals surface area contributed by atoms with Gasteiger partial charge in [0.05, 0.1) is 17.2 Å². The lowest BCUT2D eigenvalue weighted by Crippen LogP contribution is -2.36. The Bertz CT molecular complexity index is 1290. The molecule has 1 fully saturated rings. The van der Waals surface area contributed by atoms with Gasteiger partial charge in [0, 0.05) is 45.3 Å².